The van der Waals surface area contributed by atoms with Gasteiger partial charge < -0.3 is 15.0 Å². The number of carbonyl (C=O) groups is 1. The summed E-state index contributed by atoms with van der Waals surface area (Å²) in [6.07, 6.45) is -2.28. The maximum atomic E-state index is 12.9. The van der Waals surface area contributed by atoms with Crippen LogP contribution in [-0.2, 0) is 11.0 Å². The molecule has 0 saturated carbocycles. The molecule has 1 aliphatic heterocycles. The van der Waals surface area contributed by atoms with E-state index in [0.717, 1.165) is 24.7 Å². The number of alkyl halides is 3. The van der Waals surface area contributed by atoms with Crippen molar-refractivity contribution in [2.75, 3.05) is 49.5 Å². The first-order valence-electron chi connectivity index (χ1n) is 10.5. The Bertz CT molecular complexity index is 854. The highest BCUT2D eigenvalue weighted by Gasteiger charge is 2.31. The quantitative estimate of drug-likeness (QED) is 0.546. The van der Waals surface area contributed by atoms with E-state index in [1.165, 1.54) is 12.1 Å². The van der Waals surface area contributed by atoms with Gasteiger partial charge in [0, 0.05) is 37.6 Å². The molecule has 0 unspecified atom stereocenters. The Morgan fingerprint density at radius 2 is 1.75 bits per heavy atom. The highest BCUT2D eigenvalue weighted by Crippen LogP contribution is 2.31. The molecule has 1 saturated heterocycles. The van der Waals surface area contributed by atoms with Gasteiger partial charge in [-0.3, -0.25) is 9.69 Å². The second kappa shape index (κ2) is 12.0. The van der Waals surface area contributed by atoms with E-state index in [2.05, 4.69) is 12.2 Å². The summed E-state index contributed by atoms with van der Waals surface area (Å²) in [5.74, 6) is 0.657. The maximum absolute atomic E-state index is 12.9. The molecular weight excluding hydrogens is 443 g/mol. The molecule has 1 N–H and O–H groups in total. The molecular formula is C23H29ClF3N3O2. The van der Waals surface area contributed by atoms with Crippen molar-refractivity contribution < 1.29 is 22.7 Å². The van der Waals surface area contributed by atoms with Gasteiger partial charge in [0.05, 0.1) is 18.7 Å². The van der Waals surface area contributed by atoms with E-state index >= 15 is 0 Å². The van der Waals surface area contributed by atoms with Gasteiger partial charge in [0.1, 0.15) is 5.75 Å². The Morgan fingerprint density at radius 3 is 2.38 bits per heavy atom. The first-order chi connectivity index (χ1) is 14.8. The summed E-state index contributed by atoms with van der Waals surface area (Å²) in [5, 5.41) is 2.88. The first-order valence-corrected chi connectivity index (χ1v) is 10.5. The summed E-state index contributed by atoms with van der Waals surface area (Å²) < 4.78 is 44.4. The van der Waals surface area contributed by atoms with Crippen molar-refractivity contribution in [2.24, 2.45) is 0 Å². The van der Waals surface area contributed by atoms with E-state index < -0.39 is 11.7 Å². The Balaban J connectivity index is 0.00000363. The number of halogens is 4. The molecule has 0 atom stereocenters. The molecule has 2 aromatic rings. The number of ether oxygens (including phenoxy) is 1. The van der Waals surface area contributed by atoms with Crippen LogP contribution in [-0.4, -0.2) is 50.1 Å². The number of rotatable bonds is 8. The lowest BCUT2D eigenvalue weighted by molar-refractivity contribution is -0.137. The fourth-order valence-electron chi connectivity index (χ4n) is 3.42. The molecule has 32 heavy (non-hydrogen) atoms. The smallest absolute Gasteiger partial charge is 0.416 e. The highest BCUT2D eigenvalue weighted by atomic mass is 35.5. The molecule has 176 valence electrons. The molecule has 1 amide bonds. The number of unbranched alkanes of at least 4 members (excludes halogenated alkanes) is 1. The van der Waals surface area contributed by atoms with Crippen LogP contribution in [0, 0.1) is 0 Å². The summed E-state index contributed by atoms with van der Waals surface area (Å²) in [5.41, 5.74) is 0.615. The molecule has 9 heteroatoms. The average Bonchev–Trinajstić information content (AvgIpc) is 2.75. The Kier molecular flexibility index (Phi) is 9.65. The van der Waals surface area contributed by atoms with E-state index in [-0.39, 0.29) is 24.9 Å². The fourth-order valence-corrected chi connectivity index (χ4v) is 3.42. The zero-order chi connectivity index (χ0) is 22.3. The predicted octanol–water partition coefficient (Wildman–Crippen LogP) is 5.07. The fraction of sp³-hybridized carbons (Fsp3) is 0.435. The van der Waals surface area contributed by atoms with E-state index in [1.807, 2.05) is 34.1 Å². The van der Waals surface area contributed by atoms with Crippen molar-refractivity contribution >= 4 is 29.7 Å². The molecule has 0 bridgehead atoms. The van der Waals surface area contributed by atoms with Gasteiger partial charge in [-0.15, -0.1) is 12.4 Å². The summed E-state index contributed by atoms with van der Waals surface area (Å²) in [6, 6.07) is 12.7. The zero-order valence-electron chi connectivity index (χ0n) is 18.0. The molecule has 1 aliphatic rings. The minimum absolute atomic E-state index is 0. The van der Waals surface area contributed by atoms with Crippen molar-refractivity contribution in [3.05, 3.63) is 54.1 Å². The van der Waals surface area contributed by atoms with Crippen LogP contribution >= 0.6 is 12.4 Å². The average molecular weight is 472 g/mol. The number of nitrogens with zero attached hydrogens (tertiary/aromatic N) is 2. The van der Waals surface area contributed by atoms with Gasteiger partial charge in [-0.25, -0.2) is 0 Å². The van der Waals surface area contributed by atoms with Gasteiger partial charge in [-0.05, 0) is 48.9 Å². The standard InChI is InChI=1S/C23H28F3N3O2.ClH/c1-2-3-15-31-21-9-7-19(8-10-21)27-22(30)17-28-11-13-29(14-12-28)20-6-4-5-18(16-20)23(24,25)26;/h4-10,16H,2-3,11-15,17H2,1H3,(H,27,30);1H. The lowest BCUT2D eigenvalue weighted by Crippen LogP contribution is -2.48. The Morgan fingerprint density at radius 1 is 1.06 bits per heavy atom. The molecule has 0 aliphatic carbocycles. The van der Waals surface area contributed by atoms with Crippen LogP contribution in [0.25, 0.3) is 0 Å². The molecule has 0 spiro atoms. The van der Waals surface area contributed by atoms with E-state index in [1.54, 1.807) is 6.07 Å². The molecule has 2 aromatic carbocycles. The molecule has 0 aromatic heterocycles. The Hall–Kier alpha value is -2.45. The van der Waals surface area contributed by atoms with Crippen molar-refractivity contribution in [3.8, 4) is 5.75 Å². The number of nitrogens with one attached hydrogen (secondary N) is 1. The Labute approximate surface area is 192 Å². The third kappa shape index (κ3) is 7.60. The lowest BCUT2D eigenvalue weighted by Gasteiger charge is -2.36. The van der Waals surface area contributed by atoms with Crippen LogP contribution in [0.4, 0.5) is 24.5 Å². The number of piperazine rings is 1. The molecule has 1 heterocycles. The van der Waals surface area contributed by atoms with Crippen LogP contribution < -0.4 is 15.0 Å². The summed E-state index contributed by atoms with van der Waals surface area (Å²) in [4.78, 5) is 16.3. The number of amides is 1. The molecule has 5 nitrogen and oxygen atoms in total. The van der Waals surface area contributed by atoms with Gasteiger partial charge in [0.15, 0.2) is 0 Å². The second-order valence-electron chi connectivity index (χ2n) is 7.59. The molecule has 1 fully saturated rings. The van der Waals surface area contributed by atoms with Gasteiger partial charge in [-0.1, -0.05) is 19.4 Å². The van der Waals surface area contributed by atoms with Crippen molar-refractivity contribution in [1.29, 1.82) is 0 Å². The summed E-state index contributed by atoms with van der Waals surface area (Å²) >= 11 is 0. The first kappa shape index (κ1) is 25.8. The number of carbonyl (C=O) groups excluding carboxylic acids is 1. The number of anilines is 2. The minimum atomic E-state index is -4.35. The van der Waals surface area contributed by atoms with Crippen molar-refractivity contribution in [3.63, 3.8) is 0 Å². The summed E-state index contributed by atoms with van der Waals surface area (Å²) in [7, 11) is 0. The van der Waals surface area contributed by atoms with Gasteiger partial charge in [0.25, 0.3) is 0 Å². The van der Waals surface area contributed by atoms with E-state index in [4.69, 9.17) is 4.74 Å². The maximum Gasteiger partial charge on any atom is 0.416 e. The lowest BCUT2D eigenvalue weighted by atomic mass is 10.1. The topological polar surface area (TPSA) is 44.8 Å². The van der Waals surface area contributed by atoms with Crippen LogP contribution in [0.1, 0.15) is 25.3 Å². The number of benzene rings is 2. The van der Waals surface area contributed by atoms with Crippen LogP contribution in [0.2, 0.25) is 0 Å². The highest BCUT2D eigenvalue weighted by molar-refractivity contribution is 5.92. The van der Waals surface area contributed by atoms with Gasteiger partial charge in [0.2, 0.25) is 5.91 Å². The largest absolute Gasteiger partial charge is 0.494 e. The number of hydrogen-bond acceptors (Lipinski definition) is 4. The monoisotopic (exact) mass is 471 g/mol. The second-order valence-corrected chi connectivity index (χ2v) is 7.59. The predicted molar refractivity (Wildman–Crippen MR) is 123 cm³/mol. The zero-order valence-corrected chi connectivity index (χ0v) is 18.8. The minimum Gasteiger partial charge on any atom is -0.494 e. The van der Waals surface area contributed by atoms with Gasteiger partial charge in [-0.2, -0.15) is 13.2 Å². The van der Waals surface area contributed by atoms with Crippen LogP contribution in [0.5, 0.6) is 5.75 Å². The van der Waals surface area contributed by atoms with Crippen molar-refractivity contribution in [2.45, 2.75) is 25.9 Å². The van der Waals surface area contributed by atoms with Crippen LogP contribution in [0.15, 0.2) is 48.5 Å². The van der Waals surface area contributed by atoms with E-state index in [9.17, 15) is 18.0 Å². The normalized spacial score (nSPS) is 14.6. The third-order valence-electron chi connectivity index (χ3n) is 5.18. The van der Waals surface area contributed by atoms with Crippen molar-refractivity contribution in [1.82, 2.24) is 4.90 Å². The summed E-state index contributed by atoms with van der Waals surface area (Å²) in [6.45, 7) is 5.37. The van der Waals surface area contributed by atoms with Gasteiger partial charge >= 0.3 is 6.18 Å². The molecule has 0 radical (unpaired) electrons. The number of hydrogen-bond donors (Lipinski definition) is 1. The SMILES string of the molecule is CCCCOc1ccc(NC(=O)CN2CCN(c3cccc(C(F)(F)F)c3)CC2)cc1.Cl. The third-order valence-corrected chi connectivity index (χ3v) is 5.18. The van der Waals surface area contributed by atoms with E-state index in [0.29, 0.717) is 44.2 Å². The molecule has 3 rings (SSSR count). The van der Waals surface area contributed by atoms with Crippen LogP contribution in [0.3, 0.4) is 0 Å².